The smallest absolute Gasteiger partial charge is 0.232 e. The highest BCUT2D eigenvalue weighted by Gasteiger charge is 2.16. The van der Waals surface area contributed by atoms with E-state index in [4.69, 9.17) is 0 Å². The highest BCUT2D eigenvalue weighted by molar-refractivity contribution is 7.92. The second-order valence-corrected chi connectivity index (χ2v) is 5.57. The van der Waals surface area contributed by atoms with Crippen molar-refractivity contribution in [3.8, 4) is 0 Å². The van der Waals surface area contributed by atoms with Gasteiger partial charge in [-0.15, -0.1) is 0 Å². The molecule has 102 valence electrons. The average molecular weight is 278 g/mol. The number of halogens is 2. The van der Waals surface area contributed by atoms with Crippen LogP contribution in [0.15, 0.2) is 18.2 Å². The molecule has 1 rings (SSSR count). The number of benzene rings is 1. The Labute approximate surface area is 105 Å². The van der Waals surface area contributed by atoms with E-state index in [-0.39, 0.29) is 5.75 Å². The molecule has 0 heterocycles. The van der Waals surface area contributed by atoms with Gasteiger partial charge < -0.3 is 5.32 Å². The zero-order chi connectivity index (χ0) is 13.6. The Morgan fingerprint density at radius 2 is 1.83 bits per heavy atom. The van der Waals surface area contributed by atoms with E-state index in [9.17, 15) is 17.2 Å². The lowest BCUT2D eigenvalue weighted by Gasteiger charge is -2.09. The summed E-state index contributed by atoms with van der Waals surface area (Å²) in [6, 6.07) is 3.17. The summed E-state index contributed by atoms with van der Waals surface area (Å²) in [5, 5.41) is 2.97. The van der Waals surface area contributed by atoms with Crippen molar-refractivity contribution in [3.63, 3.8) is 0 Å². The van der Waals surface area contributed by atoms with Crippen LogP contribution in [0.1, 0.15) is 13.3 Å². The second kappa shape index (κ2) is 6.65. The molecule has 1 aromatic carbocycles. The Bertz CT molecular complexity index is 472. The van der Waals surface area contributed by atoms with Gasteiger partial charge >= 0.3 is 0 Å². The third-order valence-corrected chi connectivity index (χ3v) is 3.58. The molecular weight excluding hydrogens is 262 g/mol. The van der Waals surface area contributed by atoms with Crippen molar-refractivity contribution in [2.75, 3.05) is 23.6 Å². The molecule has 0 bridgehead atoms. The van der Waals surface area contributed by atoms with Crippen molar-refractivity contribution in [2.24, 2.45) is 0 Å². The van der Waals surface area contributed by atoms with Gasteiger partial charge in [-0.05, 0) is 31.6 Å². The highest BCUT2D eigenvalue weighted by Crippen LogP contribution is 2.19. The largest absolute Gasteiger partial charge is 0.317 e. The van der Waals surface area contributed by atoms with Crippen LogP contribution in [0.2, 0.25) is 0 Å². The molecule has 0 unspecified atom stereocenters. The van der Waals surface area contributed by atoms with Gasteiger partial charge in [0.15, 0.2) is 0 Å². The van der Waals surface area contributed by atoms with Gasteiger partial charge in [-0.1, -0.05) is 13.0 Å². The first-order chi connectivity index (χ1) is 8.46. The van der Waals surface area contributed by atoms with Crippen LogP contribution in [-0.2, 0) is 10.0 Å². The summed E-state index contributed by atoms with van der Waals surface area (Å²) in [5.74, 6) is -2.04. The van der Waals surface area contributed by atoms with Crippen LogP contribution in [0.25, 0.3) is 0 Å². The van der Waals surface area contributed by atoms with Gasteiger partial charge in [0.05, 0.1) is 5.75 Å². The molecule has 1 aromatic rings. The number of anilines is 1. The predicted octanol–water partition coefficient (Wildman–Crippen LogP) is 1.71. The van der Waals surface area contributed by atoms with Gasteiger partial charge in [-0.25, -0.2) is 17.2 Å². The maximum Gasteiger partial charge on any atom is 0.232 e. The molecule has 4 nitrogen and oxygen atoms in total. The van der Waals surface area contributed by atoms with Crippen LogP contribution in [0.3, 0.4) is 0 Å². The van der Waals surface area contributed by atoms with Crippen molar-refractivity contribution in [1.29, 1.82) is 0 Å². The Hall–Kier alpha value is -1.21. The zero-order valence-electron chi connectivity index (χ0n) is 10.0. The van der Waals surface area contributed by atoms with Gasteiger partial charge in [-0.2, -0.15) is 0 Å². The van der Waals surface area contributed by atoms with Crippen molar-refractivity contribution >= 4 is 15.7 Å². The van der Waals surface area contributed by atoms with Crippen molar-refractivity contribution in [1.82, 2.24) is 5.32 Å². The number of rotatable bonds is 7. The summed E-state index contributed by atoms with van der Waals surface area (Å²) in [7, 11) is -3.73. The Morgan fingerprint density at radius 3 is 2.39 bits per heavy atom. The van der Waals surface area contributed by atoms with Crippen LogP contribution in [0.4, 0.5) is 14.5 Å². The van der Waals surface area contributed by atoms with Crippen molar-refractivity contribution < 1.29 is 17.2 Å². The van der Waals surface area contributed by atoms with E-state index < -0.39 is 27.3 Å². The summed E-state index contributed by atoms with van der Waals surface area (Å²) in [5.41, 5.74) is -0.624. The lowest BCUT2D eigenvalue weighted by atomic mass is 10.3. The molecule has 0 saturated heterocycles. The first-order valence-electron chi connectivity index (χ1n) is 5.61. The summed E-state index contributed by atoms with van der Waals surface area (Å²) in [6.07, 6.45) is 0.374. The normalized spacial score (nSPS) is 11.5. The molecule has 0 radical (unpaired) electrons. The number of sulfonamides is 1. The zero-order valence-corrected chi connectivity index (χ0v) is 10.9. The summed E-state index contributed by atoms with van der Waals surface area (Å²) >= 11 is 0. The fourth-order valence-electron chi connectivity index (χ4n) is 1.37. The van der Waals surface area contributed by atoms with Gasteiger partial charge in [0.1, 0.15) is 17.3 Å². The van der Waals surface area contributed by atoms with Gasteiger partial charge in [0, 0.05) is 0 Å². The molecule has 0 saturated carbocycles. The van der Waals surface area contributed by atoms with E-state index in [0.717, 1.165) is 18.7 Å². The van der Waals surface area contributed by atoms with E-state index in [1.807, 2.05) is 11.6 Å². The fraction of sp³-hybridized carbons (Fsp3) is 0.455. The summed E-state index contributed by atoms with van der Waals surface area (Å²) in [6.45, 7) is 3.19. The first kappa shape index (κ1) is 14.8. The molecule has 0 aliphatic heterocycles. The predicted molar refractivity (Wildman–Crippen MR) is 66.9 cm³/mol. The van der Waals surface area contributed by atoms with Crippen molar-refractivity contribution in [2.45, 2.75) is 13.3 Å². The van der Waals surface area contributed by atoms with E-state index >= 15 is 0 Å². The molecule has 0 aliphatic carbocycles. The molecular formula is C11H16F2N2O2S. The SMILES string of the molecule is CCNCCCS(=O)(=O)Nc1c(F)cccc1F. The van der Waals surface area contributed by atoms with Gasteiger partial charge in [-0.3, -0.25) is 4.72 Å². The number of hydrogen-bond donors (Lipinski definition) is 2. The minimum Gasteiger partial charge on any atom is -0.317 e. The van der Waals surface area contributed by atoms with Crippen LogP contribution in [-0.4, -0.2) is 27.3 Å². The van der Waals surface area contributed by atoms with Crippen LogP contribution >= 0.6 is 0 Å². The Balaban J connectivity index is 2.65. The molecule has 18 heavy (non-hydrogen) atoms. The third kappa shape index (κ3) is 4.58. The molecule has 0 atom stereocenters. The average Bonchev–Trinajstić information content (AvgIpc) is 2.30. The molecule has 0 fully saturated rings. The second-order valence-electron chi connectivity index (χ2n) is 3.72. The van der Waals surface area contributed by atoms with E-state index in [1.165, 1.54) is 6.07 Å². The minimum atomic E-state index is -3.73. The molecule has 2 N–H and O–H groups in total. The van der Waals surface area contributed by atoms with Crippen LogP contribution in [0.5, 0.6) is 0 Å². The van der Waals surface area contributed by atoms with Crippen LogP contribution < -0.4 is 10.0 Å². The summed E-state index contributed by atoms with van der Waals surface area (Å²) < 4.78 is 51.6. The van der Waals surface area contributed by atoms with Crippen LogP contribution in [0, 0.1) is 11.6 Å². The lowest BCUT2D eigenvalue weighted by molar-refractivity contribution is 0.580. The lowest BCUT2D eigenvalue weighted by Crippen LogP contribution is -2.22. The minimum absolute atomic E-state index is 0.187. The first-order valence-corrected chi connectivity index (χ1v) is 7.26. The fourth-order valence-corrected chi connectivity index (χ4v) is 2.50. The summed E-state index contributed by atoms with van der Waals surface area (Å²) in [4.78, 5) is 0. The molecule has 0 amide bonds. The highest BCUT2D eigenvalue weighted by atomic mass is 32.2. The quantitative estimate of drug-likeness (QED) is 0.746. The van der Waals surface area contributed by atoms with Crippen molar-refractivity contribution in [3.05, 3.63) is 29.8 Å². The standard InChI is InChI=1S/C11H16F2N2O2S/c1-2-14-7-4-8-18(16,17)15-11-9(12)5-3-6-10(11)13/h3,5-6,14-15H,2,4,7-8H2,1H3. The maximum absolute atomic E-state index is 13.2. The number of nitrogens with one attached hydrogen (secondary N) is 2. The Morgan fingerprint density at radius 1 is 1.22 bits per heavy atom. The van der Waals surface area contributed by atoms with Gasteiger partial charge in [0.2, 0.25) is 10.0 Å². The van der Waals surface area contributed by atoms with E-state index in [0.29, 0.717) is 13.0 Å². The van der Waals surface area contributed by atoms with E-state index in [1.54, 1.807) is 0 Å². The topological polar surface area (TPSA) is 58.2 Å². The monoisotopic (exact) mass is 278 g/mol. The molecule has 0 aliphatic rings. The van der Waals surface area contributed by atoms with E-state index in [2.05, 4.69) is 5.32 Å². The Kier molecular flexibility index (Phi) is 5.49. The number of para-hydroxylation sites is 1. The van der Waals surface area contributed by atoms with Gasteiger partial charge in [0.25, 0.3) is 0 Å². The molecule has 0 spiro atoms. The maximum atomic E-state index is 13.2. The molecule has 0 aromatic heterocycles. The number of hydrogen-bond acceptors (Lipinski definition) is 3. The third-order valence-electron chi connectivity index (χ3n) is 2.24. The molecule has 7 heteroatoms.